The summed E-state index contributed by atoms with van der Waals surface area (Å²) in [6, 6.07) is 9.76. The molecule has 3 rings (SSSR count). The molecular weight excluding hydrogens is 341 g/mol. The summed E-state index contributed by atoms with van der Waals surface area (Å²) in [5.74, 6) is 0.120. The Bertz CT molecular complexity index is 714. The first-order chi connectivity index (χ1) is 12.0. The topological polar surface area (TPSA) is 55.3 Å². The minimum absolute atomic E-state index is 0.0625. The minimum atomic E-state index is -0.283. The Labute approximate surface area is 150 Å². The van der Waals surface area contributed by atoms with Crippen molar-refractivity contribution in [2.24, 2.45) is 0 Å². The Hall–Kier alpha value is -1.99. The molecule has 2 atom stereocenters. The average Bonchev–Trinajstić information content (AvgIpc) is 2.60. The van der Waals surface area contributed by atoms with Gasteiger partial charge in [0.2, 0.25) is 5.91 Å². The zero-order chi connectivity index (χ0) is 17.8. The van der Waals surface area contributed by atoms with E-state index < -0.39 is 0 Å². The first-order valence-corrected chi connectivity index (χ1v) is 9.15. The van der Waals surface area contributed by atoms with Crippen molar-refractivity contribution in [2.75, 3.05) is 18.8 Å². The van der Waals surface area contributed by atoms with Crippen LogP contribution in [0.15, 0.2) is 41.4 Å². The van der Waals surface area contributed by atoms with Gasteiger partial charge in [-0.25, -0.2) is 4.39 Å². The van der Waals surface area contributed by atoms with Crippen molar-refractivity contribution in [1.29, 1.82) is 0 Å². The molecule has 2 aromatic rings. The number of carbonyl (C=O) groups is 1. The van der Waals surface area contributed by atoms with Crippen LogP contribution in [-0.4, -0.2) is 52.1 Å². The van der Waals surface area contributed by atoms with Crippen molar-refractivity contribution < 1.29 is 13.9 Å². The summed E-state index contributed by atoms with van der Waals surface area (Å²) in [6.45, 7) is 5.20. The number of benzene rings is 1. The van der Waals surface area contributed by atoms with Crippen LogP contribution in [0, 0.1) is 5.82 Å². The van der Waals surface area contributed by atoms with Gasteiger partial charge < -0.3 is 9.64 Å². The van der Waals surface area contributed by atoms with Crippen LogP contribution in [0.25, 0.3) is 11.3 Å². The van der Waals surface area contributed by atoms with E-state index in [2.05, 4.69) is 10.2 Å². The van der Waals surface area contributed by atoms with Crippen LogP contribution < -0.4 is 0 Å². The van der Waals surface area contributed by atoms with Gasteiger partial charge in [-0.2, -0.15) is 0 Å². The highest BCUT2D eigenvalue weighted by molar-refractivity contribution is 7.99. The van der Waals surface area contributed by atoms with E-state index in [0.717, 1.165) is 5.56 Å². The van der Waals surface area contributed by atoms with Crippen LogP contribution in [0.1, 0.15) is 13.8 Å². The van der Waals surface area contributed by atoms with Gasteiger partial charge in [-0.05, 0) is 50.2 Å². The molecule has 0 N–H and O–H groups in total. The van der Waals surface area contributed by atoms with Crippen molar-refractivity contribution >= 4 is 17.7 Å². The van der Waals surface area contributed by atoms with Crippen molar-refractivity contribution in [3.63, 3.8) is 0 Å². The van der Waals surface area contributed by atoms with E-state index in [0.29, 0.717) is 29.6 Å². The van der Waals surface area contributed by atoms with Crippen LogP contribution in [0.3, 0.4) is 0 Å². The Morgan fingerprint density at radius 1 is 1.16 bits per heavy atom. The Morgan fingerprint density at radius 2 is 1.84 bits per heavy atom. The third-order valence-corrected chi connectivity index (χ3v) is 4.80. The molecule has 1 saturated heterocycles. The normalized spacial score (nSPS) is 20.5. The van der Waals surface area contributed by atoms with Gasteiger partial charge >= 0.3 is 0 Å². The third kappa shape index (κ3) is 4.76. The number of carbonyl (C=O) groups excluding carboxylic acids is 1. The fourth-order valence-corrected chi connectivity index (χ4v) is 3.50. The summed E-state index contributed by atoms with van der Waals surface area (Å²) in [6.07, 6.45) is 0.125. The second kappa shape index (κ2) is 7.93. The maximum atomic E-state index is 13.0. The number of hydrogen-bond acceptors (Lipinski definition) is 5. The van der Waals surface area contributed by atoms with E-state index in [1.807, 2.05) is 30.9 Å². The Balaban J connectivity index is 1.56. The smallest absolute Gasteiger partial charge is 0.233 e. The molecule has 1 aromatic carbocycles. The zero-order valence-electron chi connectivity index (χ0n) is 14.2. The molecule has 1 aliphatic rings. The molecule has 25 heavy (non-hydrogen) atoms. The number of halogens is 1. The molecule has 2 heterocycles. The summed E-state index contributed by atoms with van der Waals surface area (Å²) < 4.78 is 18.6. The lowest BCUT2D eigenvalue weighted by molar-refractivity contribution is -0.140. The van der Waals surface area contributed by atoms with Crippen molar-refractivity contribution in [1.82, 2.24) is 15.1 Å². The van der Waals surface area contributed by atoms with Crippen LogP contribution >= 0.6 is 11.8 Å². The van der Waals surface area contributed by atoms with E-state index in [-0.39, 0.29) is 23.9 Å². The number of morpholine rings is 1. The first kappa shape index (κ1) is 17.8. The summed E-state index contributed by atoms with van der Waals surface area (Å²) in [4.78, 5) is 14.2. The molecular formula is C18H20FN3O2S. The molecule has 1 fully saturated rings. The van der Waals surface area contributed by atoms with Gasteiger partial charge in [0.05, 0.1) is 23.7 Å². The van der Waals surface area contributed by atoms with Crippen LogP contribution in [0.2, 0.25) is 0 Å². The quantitative estimate of drug-likeness (QED) is 0.784. The standard InChI is InChI=1S/C18H20FN3O2S/c1-12-9-22(10-13(2)24-12)18(23)11-25-17-8-7-16(20-21-17)14-3-5-15(19)6-4-14/h3-8,12-13H,9-11H2,1-2H3/t12-,13-/m0/s1. The molecule has 7 heteroatoms. The molecule has 0 aliphatic carbocycles. The summed E-state index contributed by atoms with van der Waals surface area (Å²) >= 11 is 1.37. The summed E-state index contributed by atoms with van der Waals surface area (Å²) in [5.41, 5.74) is 1.48. The van der Waals surface area contributed by atoms with E-state index in [9.17, 15) is 9.18 Å². The van der Waals surface area contributed by atoms with Crippen molar-refractivity contribution in [3.8, 4) is 11.3 Å². The van der Waals surface area contributed by atoms with Crippen molar-refractivity contribution in [2.45, 2.75) is 31.1 Å². The number of hydrogen-bond donors (Lipinski definition) is 0. The first-order valence-electron chi connectivity index (χ1n) is 8.17. The fraction of sp³-hybridized carbons (Fsp3) is 0.389. The monoisotopic (exact) mass is 361 g/mol. The lowest BCUT2D eigenvalue weighted by atomic mass is 10.1. The maximum absolute atomic E-state index is 13.0. The van der Waals surface area contributed by atoms with E-state index in [1.54, 1.807) is 12.1 Å². The molecule has 0 bridgehead atoms. The SMILES string of the molecule is C[C@H]1CN(C(=O)CSc2ccc(-c3ccc(F)cc3)nn2)C[C@H](C)O1. The lowest BCUT2D eigenvalue weighted by Gasteiger charge is -2.35. The molecule has 0 unspecified atom stereocenters. The molecule has 0 spiro atoms. The highest BCUT2D eigenvalue weighted by Gasteiger charge is 2.25. The molecule has 0 saturated carbocycles. The molecule has 132 valence electrons. The van der Waals surface area contributed by atoms with E-state index >= 15 is 0 Å². The van der Waals surface area contributed by atoms with Crippen LogP contribution in [0.4, 0.5) is 4.39 Å². The number of rotatable bonds is 4. The van der Waals surface area contributed by atoms with Gasteiger partial charge in [-0.15, -0.1) is 10.2 Å². The highest BCUT2D eigenvalue weighted by Crippen LogP contribution is 2.21. The largest absolute Gasteiger partial charge is 0.372 e. The third-order valence-electron chi connectivity index (χ3n) is 3.90. The number of aromatic nitrogens is 2. The van der Waals surface area contributed by atoms with Gasteiger partial charge in [-0.1, -0.05) is 11.8 Å². The van der Waals surface area contributed by atoms with Gasteiger partial charge in [0.15, 0.2) is 0 Å². The fourth-order valence-electron chi connectivity index (χ4n) is 2.78. The van der Waals surface area contributed by atoms with Crippen LogP contribution in [0.5, 0.6) is 0 Å². The number of nitrogens with zero attached hydrogens (tertiary/aromatic N) is 3. The van der Waals surface area contributed by atoms with Gasteiger partial charge in [0, 0.05) is 18.7 Å². The van der Waals surface area contributed by atoms with Gasteiger partial charge in [-0.3, -0.25) is 4.79 Å². The number of thioether (sulfide) groups is 1. The van der Waals surface area contributed by atoms with Gasteiger partial charge in [0.1, 0.15) is 10.8 Å². The Kier molecular flexibility index (Phi) is 5.65. The lowest BCUT2D eigenvalue weighted by Crippen LogP contribution is -2.48. The highest BCUT2D eigenvalue weighted by atomic mass is 32.2. The molecule has 1 amide bonds. The second-order valence-electron chi connectivity index (χ2n) is 6.11. The summed E-state index contributed by atoms with van der Waals surface area (Å²) in [5, 5.41) is 8.99. The Morgan fingerprint density at radius 3 is 2.44 bits per heavy atom. The molecule has 1 aliphatic heterocycles. The van der Waals surface area contributed by atoms with Crippen LogP contribution in [-0.2, 0) is 9.53 Å². The predicted molar refractivity (Wildman–Crippen MR) is 94.7 cm³/mol. The van der Waals surface area contributed by atoms with Gasteiger partial charge in [0.25, 0.3) is 0 Å². The number of ether oxygens (including phenoxy) is 1. The minimum Gasteiger partial charge on any atom is -0.372 e. The summed E-state index contributed by atoms with van der Waals surface area (Å²) in [7, 11) is 0. The number of amides is 1. The second-order valence-corrected chi connectivity index (χ2v) is 7.10. The predicted octanol–water partition coefficient (Wildman–Crippen LogP) is 3.01. The molecule has 5 nitrogen and oxygen atoms in total. The average molecular weight is 361 g/mol. The van der Waals surface area contributed by atoms with Crippen molar-refractivity contribution in [3.05, 3.63) is 42.2 Å². The van der Waals surface area contributed by atoms with E-state index in [1.165, 1.54) is 23.9 Å². The van der Waals surface area contributed by atoms with E-state index in [4.69, 9.17) is 4.74 Å². The zero-order valence-corrected chi connectivity index (χ0v) is 15.0. The maximum Gasteiger partial charge on any atom is 0.233 e. The molecule has 0 radical (unpaired) electrons. The molecule has 1 aromatic heterocycles.